The lowest BCUT2D eigenvalue weighted by molar-refractivity contribution is -0.142. The van der Waals surface area contributed by atoms with Gasteiger partial charge in [0.05, 0.1) is 6.04 Å². The number of rotatable bonds is 10. The third kappa shape index (κ3) is 6.61. The molecule has 1 aromatic rings. The van der Waals surface area contributed by atoms with Crippen LogP contribution in [0, 0.1) is 34.5 Å². The van der Waals surface area contributed by atoms with Crippen LogP contribution in [-0.4, -0.2) is 73.0 Å². The van der Waals surface area contributed by atoms with Gasteiger partial charge in [-0.1, -0.05) is 58.4 Å². The second-order valence-corrected chi connectivity index (χ2v) is 15.1. The van der Waals surface area contributed by atoms with E-state index in [9.17, 15) is 19.2 Å². The van der Waals surface area contributed by atoms with Crippen molar-refractivity contribution >= 4 is 41.4 Å². The van der Waals surface area contributed by atoms with Crippen molar-refractivity contribution in [2.75, 3.05) is 20.1 Å². The van der Waals surface area contributed by atoms with Crippen LogP contribution >= 0.6 is 11.6 Å². The van der Waals surface area contributed by atoms with Gasteiger partial charge in [0.25, 0.3) is 0 Å². The van der Waals surface area contributed by atoms with Crippen LogP contribution in [0.3, 0.4) is 0 Å². The summed E-state index contributed by atoms with van der Waals surface area (Å²) in [5.74, 6) is -0.0426. The van der Waals surface area contributed by atoms with Crippen molar-refractivity contribution in [1.29, 1.82) is 0 Å². The predicted molar refractivity (Wildman–Crippen MR) is 167 cm³/mol. The van der Waals surface area contributed by atoms with Gasteiger partial charge < -0.3 is 20.9 Å². The van der Waals surface area contributed by atoms with E-state index in [1.54, 1.807) is 13.3 Å². The van der Waals surface area contributed by atoms with Gasteiger partial charge >= 0.3 is 0 Å². The molecule has 10 heteroatoms. The van der Waals surface area contributed by atoms with Gasteiger partial charge in [-0.25, -0.2) is 0 Å². The Labute approximate surface area is 260 Å². The van der Waals surface area contributed by atoms with E-state index in [0.29, 0.717) is 30.5 Å². The molecular formula is C33H46ClN5O4. The van der Waals surface area contributed by atoms with Crippen LogP contribution in [0.4, 0.5) is 0 Å². The molecule has 0 aromatic heterocycles. The number of halogens is 1. The lowest BCUT2D eigenvalue weighted by Crippen LogP contribution is -2.57. The van der Waals surface area contributed by atoms with Crippen molar-refractivity contribution in [1.82, 2.24) is 20.9 Å². The highest BCUT2D eigenvalue weighted by Gasteiger charge is 2.68. The Kier molecular flexibility index (Phi) is 8.69. The van der Waals surface area contributed by atoms with Crippen LogP contribution in [-0.2, 0) is 19.2 Å². The normalized spacial score (nSPS) is 30.4. The molecule has 4 fully saturated rings. The molecule has 1 aromatic carbocycles. The molecule has 2 heterocycles. The fraction of sp³-hybridized carbons (Fsp3) is 0.667. The minimum absolute atomic E-state index is 0.0137. The predicted octanol–water partition coefficient (Wildman–Crippen LogP) is 3.56. The maximum absolute atomic E-state index is 14.2. The monoisotopic (exact) mass is 611 g/mol. The number of likely N-dealkylation sites (tertiary alicyclic amines) is 1. The van der Waals surface area contributed by atoms with Crippen molar-refractivity contribution in [2.45, 2.75) is 84.3 Å². The van der Waals surface area contributed by atoms with Crippen molar-refractivity contribution in [3.63, 3.8) is 0 Å². The molecule has 5 rings (SSSR count). The summed E-state index contributed by atoms with van der Waals surface area (Å²) < 4.78 is 0. The van der Waals surface area contributed by atoms with Gasteiger partial charge in [-0.3, -0.25) is 24.2 Å². The lowest BCUT2D eigenvalue weighted by atomic mass is 9.84. The van der Waals surface area contributed by atoms with Crippen LogP contribution in [0.1, 0.15) is 71.8 Å². The number of amides is 4. The fourth-order valence-corrected chi connectivity index (χ4v) is 7.65. The van der Waals surface area contributed by atoms with E-state index >= 15 is 0 Å². The molecule has 2 aliphatic carbocycles. The first-order valence-corrected chi connectivity index (χ1v) is 16.0. The van der Waals surface area contributed by atoms with E-state index in [0.717, 1.165) is 18.4 Å². The first kappa shape index (κ1) is 31.5. The van der Waals surface area contributed by atoms with Gasteiger partial charge in [-0.05, 0) is 65.5 Å². The maximum atomic E-state index is 14.2. The number of hydrogen-bond acceptors (Lipinski definition) is 5. The molecule has 4 aliphatic rings. The van der Waals surface area contributed by atoms with Crippen LogP contribution in [0.15, 0.2) is 29.3 Å². The highest BCUT2D eigenvalue weighted by atomic mass is 35.5. The van der Waals surface area contributed by atoms with E-state index in [4.69, 9.17) is 11.6 Å². The average Bonchev–Trinajstić information content (AvgIpc) is 3.70. The van der Waals surface area contributed by atoms with Gasteiger partial charge in [0.1, 0.15) is 6.04 Å². The lowest BCUT2D eigenvalue weighted by Gasteiger charge is -2.38. The number of benzene rings is 1. The van der Waals surface area contributed by atoms with E-state index in [1.807, 2.05) is 49.9 Å². The number of nitrogens with one attached hydrogen (secondary N) is 3. The van der Waals surface area contributed by atoms with E-state index in [-0.39, 0.29) is 71.2 Å². The molecule has 2 aliphatic heterocycles. The minimum Gasteiger partial charge on any atom is -0.356 e. The first-order chi connectivity index (χ1) is 20.2. The zero-order chi connectivity index (χ0) is 31.3. The maximum Gasteiger partial charge on any atom is 0.245 e. The second-order valence-electron chi connectivity index (χ2n) is 14.6. The Morgan fingerprint density at radius 2 is 1.88 bits per heavy atom. The van der Waals surface area contributed by atoms with Crippen molar-refractivity contribution < 1.29 is 19.2 Å². The standard InChI is InChI=1S/C33H46ClN5O4/c1-32(2,3)28(38-30(42)23-14-22(23)18-7-9-20(34)10-8-18)31(43)39-17-24-27(33(24,4)5)25(39)15-26(40)37-21(16-35-6)13-19-11-12-36-29(19)41/h7-10,16,19,21-25,27-28H,11-15,17H2,1-6H3,(H,36,41)(H,37,40)(H,38,42)/t19-,21-,22-,23+,24-,25+,27-,28+/m0/s1. The van der Waals surface area contributed by atoms with Gasteiger partial charge in [-0.2, -0.15) is 0 Å². The average molecular weight is 612 g/mol. The number of carbonyl (C=O) groups excluding carboxylic acids is 4. The molecule has 43 heavy (non-hydrogen) atoms. The highest BCUT2D eigenvalue weighted by Crippen LogP contribution is 2.65. The summed E-state index contributed by atoms with van der Waals surface area (Å²) in [4.78, 5) is 59.2. The van der Waals surface area contributed by atoms with Crippen LogP contribution in [0.2, 0.25) is 5.02 Å². The second kappa shape index (κ2) is 11.9. The molecule has 8 atom stereocenters. The fourth-order valence-electron chi connectivity index (χ4n) is 7.53. The summed E-state index contributed by atoms with van der Waals surface area (Å²) in [7, 11) is 1.66. The molecule has 2 saturated heterocycles. The number of fused-ring (bicyclic) bond motifs is 1. The number of aliphatic imine (C=N–C) groups is 1. The van der Waals surface area contributed by atoms with Crippen LogP contribution in [0.5, 0.6) is 0 Å². The SMILES string of the molecule is CN=C[C@H](C[C@@H]1CCNC1=O)NC(=O)C[C@@H]1[C@@H]2[C@H](CN1C(=O)[C@@H](NC(=O)[C@@H]1C[C@H]1c1ccc(Cl)cc1)C(C)(C)C)C2(C)C. The summed E-state index contributed by atoms with van der Waals surface area (Å²) in [6.45, 7) is 11.5. The van der Waals surface area contributed by atoms with E-state index < -0.39 is 11.5 Å². The molecular weight excluding hydrogens is 566 g/mol. The first-order valence-electron chi connectivity index (χ1n) is 15.6. The number of hydrogen-bond donors (Lipinski definition) is 3. The minimum atomic E-state index is -0.710. The largest absolute Gasteiger partial charge is 0.356 e. The topological polar surface area (TPSA) is 120 Å². The molecule has 3 N–H and O–H groups in total. The van der Waals surface area contributed by atoms with Crippen LogP contribution in [0.25, 0.3) is 0 Å². The van der Waals surface area contributed by atoms with Crippen LogP contribution < -0.4 is 16.0 Å². The Hall–Kier alpha value is -2.94. The molecule has 234 valence electrons. The van der Waals surface area contributed by atoms with Gasteiger partial charge in [0, 0.05) is 55.7 Å². The van der Waals surface area contributed by atoms with E-state index in [1.165, 1.54) is 0 Å². The molecule has 4 amide bonds. The molecule has 0 unspecified atom stereocenters. The van der Waals surface area contributed by atoms with E-state index in [2.05, 4.69) is 34.8 Å². The Balaban J connectivity index is 1.26. The summed E-state index contributed by atoms with van der Waals surface area (Å²) in [5.41, 5.74) is 0.613. The van der Waals surface area contributed by atoms with Crippen molar-refractivity contribution in [3.8, 4) is 0 Å². The summed E-state index contributed by atoms with van der Waals surface area (Å²) in [6, 6.07) is 6.27. The summed E-state index contributed by atoms with van der Waals surface area (Å²) in [6.07, 6.45) is 3.84. The van der Waals surface area contributed by atoms with Gasteiger partial charge in [-0.15, -0.1) is 0 Å². The quantitative estimate of drug-likeness (QED) is 0.351. The number of nitrogens with zero attached hydrogens (tertiary/aromatic N) is 2. The summed E-state index contributed by atoms with van der Waals surface area (Å²) in [5, 5.41) is 9.70. The third-order valence-electron chi connectivity index (χ3n) is 10.2. The zero-order valence-corrected chi connectivity index (χ0v) is 26.9. The molecule has 0 radical (unpaired) electrons. The van der Waals surface area contributed by atoms with Gasteiger partial charge in [0.2, 0.25) is 23.6 Å². The third-order valence-corrected chi connectivity index (χ3v) is 10.5. The highest BCUT2D eigenvalue weighted by molar-refractivity contribution is 6.30. The van der Waals surface area contributed by atoms with Crippen molar-refractivity contribution in [2.24, 2.45) is 39.5 Å². The molecule has 0 spiro atoms. The zero-order valence-electron chi connectivity index (χ0n) is 26.2. The molecule has 0 bridgehead atoms. The number of piperidine rings is 1. The van der Waals surface area contributed by atoms with Crippen molar-refractivity contribution in [3.05, 3.63) is 34.9 Å². The van der Waals surface area contributed by atoms with Gasteiger partial charge in [0.15, 0.2) is 0 Å². The molecule has 9 nitrogen and oxygen atoms in total. The Bertz CT molecular complexity index is 1290. The molecule has 2 saturated carbocycles. The number of carbonyl (C=O) groups is 4. The Morgan fingerprint density at radius 3 is 2.49 bits per heavy atom. The smallest absolute Gasteiger partial charge is 0.245 e. The Morgan fingerprint density at radius 1 is 1.19 bits per heavy atom. The summed E-state index contributed by atoms with van der Waals surface area (Å²) >= 11 is 6.04.